The van der Waals surface area contributed by atoms with Gasteiger partial charge < -0.3 is 15.4 Å². The Balaban J connectivity index is 0.00000272. The van der Waals surface area contributed by atoms with Crippen molar-refractivity contribution in [2.45, 2.75) is 76.5 Å². The number of hydrogen-bond donors (Lipinski definition) is 2. The van der Waals surface area contributed by atoms with Gasteiger partial charge in [-0.15, -0.1) is 35.3 Å². The molecule has 1 aliphatic carbocycles. The number of hydrogen-bond acceptors (Lipinski definition) is 5. The lowest BCUT2D eigenvalue weighted by Gasteiger charge is -2.35. The third kappa shape index (κ3) is 5.98. The smallest absolute Gasteiger partial charge is 0.191 e. The van der Waals surface area contributed by atoms with Gasteiger partial charge in [0.15, 0.2) is 11.8 Å². The van der Waals surface area contributed by atoms with E-state index in [1.807, 2.05) is 16.0 Å². The summed E-state index contributed by atoms with van der Waals surface area (Å²) in [6, 6.07) is 4.78. The topological polar surface area (TPSA) is 76.4 Å². The molecular weight excluding hydrogens is 523 g/mol. The summed E-state index contributed by atoms with van der Waals surface area (Å²) in [6.45, 7) is 5.11. The number of methoxy groups -OCH3 is 1. The van der Waals surface area contributed by atoms with E-state index in [0.29, 0.717) is 12.6 Å². The Morgan fingerprint density at radius 2 is 2.19 bits per heavy atom. The van der Waals surface area contributed by atoms with Gasteiger partial charge in [-0.2, -0.15) is 5.10 Å². The fourth-order valence-electron chi connectivity index (χ4n) is 4.70. The maximum atomic E-state index is 5.18. The summed E-state index contributed by atoms with van der Waals surface area (Å²) in [7, 11) is 1.68. The standard InChI is InChI=1S/C22H34N6OS.HI/c1-3-23-21(24-16-22(11-5-4-6-12-22)18-8-7-13-30-18)25-17-9-10-20-26-19(15-29-2)27-28(20)14-17;/h7-8,13,17H,3-6,9-12,14-16H2,1-2H3,(H2,23,24,25);1H. The van der Waals surface area contributed by atoms with Crippen molar-refractivity contribution >= 4 is 41.3 Å². The molecule has 2 N–H and O–H groups in total. The predicted octanol–water partition coefficient (Wildman–Crippen LogP) is 3.88. The van der Waals surface area contributed by atoms with Gasteiger partial charge in [-0.1, -0.05) is 25.3 Å². The van der Waals surface area contributed by atoms with Crippen LogP contribution in [0.15, 0.2) is 22.5 Å². The maximum absolute atomic E-state index is 5.18. The molecular formula is C22H35IN6OS. The van der Waals surface area contributed by atoms with Crippen LogP contribution in [0.1, 0.15) is 62.0 Å². The number of rotatable bonds is 7. The third-order valence-electron chi connectivity index (χ3n) is 6.25. The molecule has 1 unspecified atom stereocenters. The Morgan fingerprint density at radius 1 is 1.35 bits per heavy atom. The molecule has 1 saturated carbocycles. The van der Waals surface area contributed by atoms with Crippen molar-refractivity contribution in [3.63, 3.8) is 0 Å². The first-order valence-corrected chi connectivity index (χ1v) is 12.1. The van der Waals surface area contributed by atoms with Crippen molar-refractivity contribution in [1.82, 2.24) is 25.4 Å². The minimum atomic E-state index is 0. The molecule has 4 rings (SSSR count). The minimum absolute atomic E-state index is 0. The van der Waals surface area contributed by atoms with E-state index in [2.05, 4.69) is 45.2 Å². The molecule has 0 spiro atoms. The normalized spacial score (nSPS) is 20.6. The fourth-order valence-corrected chi connectivity index (χ4v) is 5.68. The quantitative estimate of drug-likeness (QED) is 0.307. The minimum Gasteiger partial charge on any atom is -0.377 e. The molecule has 9 heteroatoms. The van der Waals surface area contributed by atoms with Crippen LogP contribution in [0.25, 0.3) is 0 Å². The second kappa shape index (κ2) is 11.6. The van der Waals surface area contributed by atoms with Crippen molar-refractivity contribution in [3.8, 4) is 0 Å². The highest BCUT2D eigenvalue weighted by Gasteiger charge is 2.35. The van der Waals surface area contributed by atoms with Gasteiger partial charge in [0.1, 0.15) is 12.4 Å². The molecule has 7 nitrogen and oxygen atoms in total. The van der Waals surface area contributed by atoms with Crippen LogP contribution in [-0.4, -0.2) is 47.0 Å². The van der Waals surface area contributed by atoms with Crippen LogP contribution in [0, 0.1) is 0 Å². The van der Waals surface area contributed by atoms with Crippen molar-refractivity contribution in [2.24, 2.45) is 4.99 Å². The molecule has 2 aromatic rings. The average Bonchev–Trinajstić information content (AvgIpc) is 3.43. The van der Waals surface area contributed by atoms with Crippen LogP contribution in [0.3, 0.4) is 0 Å². The molecule has 1 atom stereocenters. The van der Waals surface area contributed by atoms with Crippen LogP contribution >= 0.6 is 35.3 Å². The van der Waals surface area contributed by atoms with Crippen molar-refractivity contribution in [1.29, 1.82) is 0 Å². The lowest BCUT2D eigenvalue weighted by Crippen LogP contribution is -2.47. The van der Waals surface area contributed by atoms with E-state index >= 15 is 0 Å². The first-order chi connectivity index (χ1) is 14.7. The van der Waals surface area contributed by atoms with Crippen LogP contribution in [-0.2, 0) is 29.7 Å². The molecule has 0 aromatic carbocycles. The Bertz CT molecular complexity index is 831. The average molecular weight is 559 g/mol. The van der Waals surface area contributed by atoms with Crippen LogP contribution in [0.5, 0.6) is 0 Å². The third-order valence-corrected chi connectivity index (χ3v) is 7.37. The Hall–Kier alpha value is -1.20. The number of aliphatic imine (C=N–C) groups is 1. The van der Waals surface area contributed by atoms with Gasteiger partial charge in [-0.3, -0.25) is 4.99 Å². The van der Waals surface area contributed by atoms with Crippen LogP contribution in [0.2, 0.25) is 0 Å². The SMILES string of the molecule is CCNC(=NCC1(c2cccs2)CCCCC1)NC1CCc2nc(COC)nn2C1.I. The van der Waals surface area contributed by atoms with E-state index in [9.17, 15) is 0 Å². The molecule has 3 heterocycles. The van der Waals surface area contributed by atoms with Gasteiger partial charge in [0, 0.05) is 36.4 Å². The summed E-state index contributed by atoms with van der Waals surface area (Å²) in [6.07, 6.45) is 8.40. The zero-order chi connectivity index (χ0) is 20.8. The first-order valence-electron chi connectivity index (χ1n) is 11.2. The Morgan fingerprint density at radius 3 is 2.90 bits per heavy atom. The number of aryl methyl sites for hydroxylation is 1. The van der Waals surface area contributed by atoms with Crippen molar-refractivity contribution in [3.05, 3.63) is 34.0 Å². The van der Waals surface area contributed by atoms with E-state index in [1.54, 1.807) is 7.11 Å². The molecule has 1 fully saturated rings. The van der Waals surface area contributed by atoms with E-state index in [4.69, 9.17) is 9.73 Å². The summed E-state index contributed by atoms with van der Waals surface area (Å²) in [5, 5.41) is 13.9. The lowest BCUT2D eigenvalue weighted by molar-refractivity contribution is 0.177. The first kappa shape index (κ1) is 24.4. The second-order valence-electron chi connectivity index (χ2n) is 8.45. The molecule has 0 amide bonds. The number of nitrogens with zero attached hydrogens (tertiary/aromatic N) is 4. The van der Waals surface area contributed by atoms with Gasteiger partial charge in [-0.05, 0) is 37.6 Å². The summed E-state index contributed by atoms with van der Waals surface area (Å²) < 4.78 is 7.20. The van der Waals surface area contributed by atoms with Crippen LogP contribution in [0.4, 0.5) is 0 Å². The number of aromatic nitrogens is 3. The molecule has 2 aromatic heterocycles. The lowest BCUT2D eigenvalue weighted by atomic mass is 9.73. The van der Waals surface area contributed by atoms with Gasteiger partial charge in [0.25, 0.3) is 0 Å². The van der Waals surface area contributed by atoms with Crippen LogP contribution < -0.4 is 10.6 Å². The molecule has 2 aliphatic rings. The van der Waals surface area contributed by atoms with Gasteiger partial charge >= 0.3 is 0 Å². The van der Waals surface area contributed by atoms with Gasteiger partial charge in [-0.25, -0.2) is 9.67 Å². The van der Waals surface area contributed by atoms with E-state index in [1.165, 1.54) is 37.0 Å². The monoisotopic (exact) mass is 558 g/mol. The largest absolute Gasteiger partial charge is 0.377 e. The molecule has 31 heavy (non-hydrogen) atoms. The zero-order valence-corrected chi connectivity index (χ0v) is 21.7. The number of ether oxygens (including phenoxy) is 1. The summed E-state index contributed by atoms with van der Waals surface area (Å²) in [5.74, 6) is 2.74. The molecule has 0 bridgehead atoms. The predicted molar refractivity (Wildman–Crippen MR) is 136 cm³/mol. The Kier molecular flexibility index (Phi) is 9.15. The highest BCUT2D eigenvalue weighted by Crippen LogP contribution is 2.41. The summed E-state index contributed by atoms with van der Waals surface area (Å²) in [4.78, 5) is 11.2. The zero-order valence-electron chi connectivity index (χ0n) is 18.6. The number of halogens is 1. The van der Waals surface area contributed by atoms with Crippen molar-refractivity contribution in [2.75, 3.05) is 20.2 Å². The van der Waals surface area contributed by atoms with E-state index < -0.39 is 0 Å². The molecule has 172 valence electrons. The highest BCUT2D eigenvalue weighted by atomic mass is 127. The highest BCUT2D eigenvalue weighted by molar-refractivity contribution is 14.0. The number of nitrogens with one attached hydrogen (secondary N) is 2. The van der Waals surface area contributed by atoms with E-state index in [-0.39, 0.29) is 29.4 Å². The van der Waals surface area contributed by atoms with E-state index in [0.717, 1.165) is 50.1 Å². The Labute approximate surface area is 206 Å². The number of thiophene rings is 1. The van der Waals surface area contributed by atoms with Crippen molar-refractivity contribution < 1.29 is 4.74 Å². The van der Waals surface area contributed by atoms with Gasteiger partial charge in [0.05, 0.1) is 13.1 Å². The molecule has 1 aliphatic heterocycles. The van der Waals surface area contributed by atoms with Gasteiger partial charge in [0.2, 0.25) is 0 Å². The summed E-state index contributed by atoms with van der Waals surface area (Å²) in [5.41, 5.74) is 0.204. The molecule has 0 saturated heterocycles. The number of fused-ring (bicyclic) bond motifs is 1. The maximum Gasteiger partial charge on any atom is 0.191 e. The second-order valence-corrected chi connectivity index (χ2v) is 9.40. The number of guanidine groups is 1. The molecule has 0 radical (unpaired) electrons. The summed E-state index contributed by atoms with van der Waals surface area (Å²) >= 11 is 1.89. The fraction of sp³-hybridized carbons (Fsp3) is 0.682.